The Morgan fingerprint density at radius 1 is 0.621 bits per heavy atom. The molecule has 24 heteroatoms. The van der Waals surface area contributed by atoms with E-state index in [1.165, 1.54) is 60.8 Å². The number of carbonyl (C=O) groups excluding carboxylic acids is 2. The van der Waals surface area contributed by atoms with E-state index in [0.29, 0.717) is 21.2 Å². The third-order valence-corrected chi connectivity index (χ3v) is 10.8. The van der Waals surface area contributed by atoms with Crippen molar-refractivity contribution < 1.29 is 63.8 Å². The zero-order valence-corrected chi connectivity index (χ0v) is 36.8. The molecule has 4 aliphatic rings. The average molecular weight is 1100 g/mol. The number of hydrogen-bond donors (Lipinski definition) is 6. The zero-order valence-electron chi connectivity index (χ0n) is 28.9. The molecule has 18 nitrogen and oxygen atoms in total. The van der Waals surface area contributed by atoms with Crippen LogP contribution in [0.5, 0.6) is 34.5 Å². The van der Waals surface area contributed by atoms with Gasteiger partial charge >= 0.3 is 20.8 Å². The van der Waals surface area contributed by atoms with Crippen molar-refractivity contribution in [3.63, 3.8) is 0 Å². The maximum Gasteiger partial charge on any atom is 0.446 e. The van der Waals surface area contributed by atoms with Gasteiger partial charge < -0.3 is 38.9 Å². The Hall–Kier alpha value is -4.56. The number of halogens is 4. The fraction of sp³-hybridized carbons (Fsp3) is 0.118. The molecule has 0 spiro atoms. The van der Waals surface area contributed by atoms with Crippen LogP contribution in [0.15, 0.2) is 95.1 Å². The minimum absolute atomic E-state index is 0.00815. The molecule has 2 amide bonds. The molecule has 58 heavy (non-hydrogen) atoms. The molecule has 8 bridgehead atoms. The smallest absolute Gasteiger partial charge is 0.446 e. The lowest BCUT2D eigenvalue weighted by atomic mass is 10.1. The van der Waals surface area contributed by atoms with Gasteiger partial charge in [-0.15, -0.1) is 0 Å². The van der Waals surface area contributed by atoms with Gasteiger partial charge in [-0.2, -0.15) is 16.8 Å². The van der Waals surface area contributed by atoms with Crippen LogP contribution in [0.3, 0.4) is 0 Å². The summed E-state index contributed by atoms with van der Waals surface area (Å²) in [4.78, 5) is 26.1. The molecule has 0 fully saturated rings. The number of amides is 2. The molecule has 0 unspecified atom stereocenters. The minimum Gasteiger partial charge on any atom is -0.452 e. The van der Waals surface area contributed by atoms with E-state index in [1.807, 2.05) is 0 Å². The number of ether oxygens (including phenoxy) is 2. The first kappa shape index (κ1) is 44.5. The molecule has 306 valence electrons. The maximum absolute atomic E-state index is 13.1. The van der Waals surface area contributed by atoms with Crippen LogP contribution in [0.2, 0.25) is 0 Å². The van der Waals surface area contributed by atoms with E-state index >= 15 is 0 Å². The lowest BCUT2D eigenvalue weighted by Crippen LogP contribution is -2.33. The van der Waals surface area contributed by atoms with Crippen LogP contribution in [0.25, 0.3) is 6.08 Å². The molecule has 6 N–H and O–H groups in total. The first-order chi connectivity index (χ1) is 27.3. The highest BCUT2D eigenvalue weighted by atomic mass is 79.9. The molecule has 4 heterocycles. The van der Waals surface area contributed by atoms with Crippen LogP contribution in [0, 0.1) is 0 Å². The predicted molar refractivity (Wildman–Crippen MR) is 221 cm³/mol. The van der Waals surface area contributed by atoms with Crippen LogP contribution in [0.1, 0.15) is 22.3 Å². The Balaban J connectivity index is 1.54. The second kappa shape index (κ2) is 19.0. The Kier molecular flexibility index (Phi) is 14.6. The van der Waals surface area contributed by atoms with E-state index in [1.54, 1.807) is 12.1 Å². The molecular weight excluding hydrogens is 1070 g/mol. The van der Waals surface area contributed by atoms with Gasteiger partial charge in [0.15, 0.2) is 11.5 Å². The molecule has 0 saturated heterocycles. The van der Waals surface area contributed by atoms with Gasteiger partial charge in [0, 0.05) is 25.6 Å². The molecule has 0 aliphatic carbocycles. The number of hydrogen-bond acceptors (Lipinski definition) is 14. The maximum atomic E-state index is 13.1. The van der Waals surface area contributed by atoms with E-state index in [-0.39, 0.29) is 85.0 Å². The summed E-state index contributed by atoms with van der Waals surface area (Å²) in [6.07, 6.45) is 2.43. The first-order valence-corrected chi connectivity index (χ1v) is 21.8. The Morgan fingerprint density at radius 2 is 1.12 bits per heavy atom. The Bertz CT molecular complexity index is 2610. The van der Waals surface area contributed by atoms with Crippen molar-refractivity contribution in [2.24, 2.45) is 10.3 Å². The number of carbonyl (C=O) groups is 2. The van der Waals surface area contributed by atoms with Crippen LogP contribution < -0.4 is 28.5 Å². The van der Waals surface area contributed by atoms with Crippen molar-refractivity contribution in [3.8, 4) is 34.5 Å². The predicted octanol–water partition coefficient (Wildman–Crippen LogP) is 6.89. The standard InChI is InChI=1S/C34H26Br4N4O14S2/c35-21-9-17-1-3-27(21)53-29-15-19(11-23(37)31(29)55-57(47,48)49)6-8-40-33(43)25(41-45)13-18-2-4-28(22(36)10-18)54-30-16-20(12-24(38)32(30)56-58(50,51)52)14-26(42-46)34(44)39-7-5-17/h1-5,7,9-12,15-16,45-46H,6,8,13-14H2,(H,39,44)(H,40,43)(H,47,48,49)(H,50,51,52)/b7-5-,41-25+,42-26+. The van der Waals surface area contributed by atoms with Crippen LogP contribution >= 0.6 is 63.7 Å². The molecule has 4 aromatic rings. The molecular formula is C34H26Br4N4O14S2. The second-order valence-electron chi connectivity index (χ2n) is 11.8. The van der Waals surface area contributed by atoms with Crippen molar-refractivity contribution >= 4 is 114 Å². The number of rotatable bonds is 4. The van der Waals surface area contributed by atoms with Crippen LogP contribution in [0.4, 0.5) is 0 Å². The molecule has 0 saturated carbocycles. The molecule has 8 rings (SSSR count). The van der Waals surface area contributed by atoms with Crippen molar-refractivity contribution in [3.05, 3.63) is 107 Å². The molecule has 0 aromatic heterocycles. The first-order valence-electron chi connectivity index (χ1n) is 15.9. The van der Waals surface area contributed by atoms with E-state index in [2.05, 4.69) is 84.7 Å². The molecule has 4 aromatic carbocycles. The quantitative estimate of drug-likeness (QED) is 0.0691. The number of nitrogens with one attached hydrogen (secondary N) is 2. The fourth-order valence-corrected chi connectivity index (χ4v) is 8.22. The summed E-state index contributed by atoms with van der Waals surface area (Å²) in [5.74, 6) is -2.51. The summed E-state index contributed by atoms with van der Waals surface area (Å²) in [7, 11) is -10.1. The third kappa shape index (κ3) is 12.2. The highest BCUT2D eigenvalue weighted by molar-refractivity contribution is 9.11. The van der Waals surface area contributed by atoms with Gasteiger partial charge in [-0.05, 0) is 147 Å². The topological polar surface area (TPSA) is 269 Å². The van der Waals surface area contributed by atoms with Gasteiger partial charge in [0.2, 0.25) is 11.5 Å². The highest BCUT2D eigenvalue weighted by Gasteiger charge is 2.24. The van der Waals surface area contributed by atoms with Crippen LogP contribution in [-0.4, -0.2) is 66.1 Å². The van der Waals surface area contributed by atoms with Gasteiger partial charge in [-0.25, -0.2) is 0 Å². The summed E-state index contributed by atoms with van der Waals surface area (Å²) >= 11 is 13.2. The minimum atomic E-state index is -5.06. The van der Waals surface area contributed by atoms with Crippen molar-refractivity contribution in [2.45, 2.75) is 19.3 Å². The van der Waals surface area contributed by atoms with Crippen LogP contribution in [-0.2, 0) is 49.6 Å². The molecule has 0 radical (unpaired) electrons. The lowest BCUT2D eigenvalue weighted by molar-refractivity contribution is -0.115. The van der Waals surface area contributed by atoms with Gasteiger partial charge in [-0.3, -0.25) is 18.7 Å². The summed E-state index contributed by atoms with van der Waals surface area (Å²) in [6, 6.07) is 14.7. The largest absolute Gasteiger partial charge is 0.452 e. The summed E-state index contributed by atoms with van der Waals surface area (Å²) < 4.78 is 88.0. The monoisotopic (exact) mass is 1090 g/mol. The summed E-state index contributed by atoms with van der Waals surface area (Å²) in [5.41, 5.74) is 1.11. The Morgan fingerprint density at radius 3 is 1.67 bits per heavy atom. The Labute approximate surface area is 363 Å². The van der Waals surface area contributed by atoms with Gasteiger partial charge in [0.1, 0.15) is 22.9 Å². The summed E-state index contributed by atoms with van der Waals surface area (Å²) in [5, 5.41) is 30.9. The third-order valence-electron chi connectivity index (χ3n) is 7.61. The molecule has 0 atom stereocenters. The van der Waals surface area contributed by atoms with Gasteiger partial charge in [0.05, 0.1) is 17.9 Å². The lowest BCUT2D eigenvalue weighted by Gasteiger charge is -2.16. The normalized spacial score (nSPS) is 16.4. The zero-order chi connectivity index (χ0) is 42.4. The highest BCUT2D eigenvalue weighted by Crippen LogP contribution is 2.43. The number of benzene rings is 4. The van der Waals surface area contributed by atoms with Crippen molar-refractivity contribution in [1.82, 2.24) is 10.6 Å². The number of oxime groups is 2. The van der Waals surface area contributed by atoms with Crippen molar-refractivity contribution in [1.29, 1.82) is 0 Å². The van der Waals surface area contributed by atoms with E-state index < -0.39 is 38.4 Å². The average Bonchev–Trinajstić information content (AvgIpc) is 3.13. The van der Waals surface area contributed by atoms with Gasteiger partial charge in [0.25, 0.3) is 11.8 Å². The van der Waals surface area contributed by atoms with Gasteiger partial charge in [-0.1, -0.05) is 22.4 Å². The van der Waals surface area contributed by atoms with E-state index in [4.69, 9.17) is 17.8 Å². The van der Waals surface area contributed by atoms with E-state index in [0.717, 1.165) is 0 Å². The molecule has 4 aliphatic heterocycles. The second-order valence-corrected chi connectivity index (χ2v) is 17.2. The SMILES string of the molecule is O=C1N/C=C\c2ccc(c(Br)c2)Oc2cc(cc(Br)c2OS(=O)(=O)O)CCNC(=O)/C(=N/O)Cc2ccc(c(Br)c2)Oc2cc(cc(Br)c2OS(=O)(=O)O)C/C1=N\O. The fourth-order valence-electron chi connectivity index (χ4n) is 5.12. The van der Waals surface area contributed by atoms with Crippen molar-refractivity contribution in [2.75, 3.05) is 6.54 Å². The number of nitrogens with zero attached hydrogens (tertiary/aromatic N) is 2. The van der Waals surface area contributed by atoms with E-state index in [9.17, 15) is 45.9 Å². The summed E-state index contributed by atoms with van der Waals surface area (Å²) in [6.45, 7) is 0.00815.